The van der Waals surface area contributed by atoms with Gasteiger partial charge >= 0.3 is 0 Å². The third-order valence-corrected chi connectivity index (χ3v) is 4.91. The molecule has 1 heterocycles. The van der Waals surface area contributed by atoms with Crippen LogP contribution in [-0.2, 0) is 11.3 Å². The number of benzene rings is 2. The fraction of sp³-hybridized carbons (Fsp3) is 0.316. The summed E-state index contributed by atoms with van der Waals surface area (Å²) in [7, 11) is 0. The molecule has 0 bridgehead atoms. The Morgan fingerprint density at radius 1 is 1.17 bits per heavy atom. The van der Waals surface area contributed by atoms with Crippen LogP contribution >= 0.6 is 23.2 Å². The van der Waals surface area contributed by atoms with Gasteiger partial charge < -0.3 is 5.32 Å². The molecule has 3 nitrogen and oxygen atoms in total. The molecule has 2 aromatic carbocycles. The molecule has 0 radical (unpaired) electrons. The number of rotatable bonds is 4. The zero-order chi connectivity index (χ0) is 16.9. The molecule has 0 aliphatic carbocycles. The molecule has 3 rings (SSSR count). The summed E-state index contributed by atoms with van der Waals surface area (Å²) in [6.07, 6.45) is 1.93. The standard InChI is InChI=1S/C19H20Cl2N2O/c20-16-9-8-14(18(21)11-16)12-23-10-4-5-15(13-23)19(24)22-17-6-2-1-3-7-17/h1-3,6-9,11,15H,4-5,10,12-13H2,(H,22,24)/t15-/m0/s1. The molecule has 2 aromatic rings. The van der Waals surface area contributed by atoms with E-state index in [9.17, 15) is 4.79 Å². The van der Waals surface area contributed by atoms with Crippen molar-refractivity contribution in [1.29, 1.82) is 0 Å². The normalized spacial score (nSPS) is 18.3. The SMILES string of the molecule is O=C(Nc1ccccc1)[C@H]1CCCN(Cc2ccc(Cl)cc2Cl)C1. The molecule has 126 valence electrons. The van der Waals surface area contributed by atoms with Gasteiger partial charge in [-0.25, -0.2) is 0 Å². The maximum Gasteiger partial charge on any atom is 0.228 e. The van der Waals surface area contributed by atoms with Gasteiger partial charge in [-0.1, -0.05) is 47.5 Å². The number of nitrogens with zero attached hydrogens (tertiary/aromatic N) is 1. The first-order valence-corrected chi connectivity index (χ1v) is 8.89. The van der Waals surface area contributed by atoms with Crippen LogP contribution in [0.4, 0.5) is 5.69 Å². The predicted octanol–water partition coefficient (Wildman–Crippen LogP) is 4.84. The zero-order valence-corrected chi connectivity index (χ0v) is 14.9. The molecule has 1 aliphatic rings. The van der Waals surface area contributed by atoms with Gasteiger partial charge in [0.1, 0.15) is 0 Å². The fourth-order valence-corrected chi connectivity index (χ4v) is 3.54. The quantitative estimate of drug-likeness (QED) is 0.843. The van der Waals surface area contributed by atoms with E-state index in [1.807, 2.05) is 42.5 Å². The fourth-order valence-electron chi connectivity index (χ4n) is 3.07. The number of likely N-dealkylation sites (tertiary alicyclic amines) is 1. The van der Waals surface area contributed by atoms with Gasteiger partial charge in [0.25, 0.3) is 0 Å². The predicted molar refractivity (Wildman–Crippen MR) is 99.5 cm³/mol. The molecular formula is C19H20Cl2N2O. The van der Waals surface area contributed by atoms with E-state index in [4.69, 9.17) is 23.2 Å². The number of amides is 1. The molecule has 1 aliphatic heterocycles. The second kappa shape index (κ2) is 8.02. The Morgan fingerprint density at radius 2 is 1.96 bits per heavy atom. The van der Waals surface area contributed by atoms with E-state index in [0.717, 1.165) is 43.7 Å². The highest BCUT2D eigenvalue weighted by Gasteiger charge is 2.26. The lowest BCUT2D eigenvalue weighted by Gasteiger charge is -2.32. The van der Waals surface area contributed by atoms with Crippen molar-refractivity contribution in [2.45, 2.75) is 19.4 Å². The van der Waals surface area contributed by atoms with E-state index < -0.39 is 0 Å². The molecular weight excluding hydrogens is 343 g/mol. The van der Waals surface area contributed by atoms with Gasteiger partial charge in [-0.3, -0.25) is 9.69 Å². The lowest BCUT2D eigenvalue weighted by Crippen LogP contribution is -2.40. The Bertz CT molecular complexity index is 706. The van der Waals surface area contributed by atoms with E-state index in [1.54, 1.807) is 6.07 Å². The van der Waals surface area contributed by atoms with Crippen molar-refractivity contribution in [2.75, 3.05) is 18.4 Å². The molecule has 1 saturated heterocycles. The number of piperidine rings is 1. The number of anilines is 1. The molecule has 1 amide bonds. The van der Waals surface area contributed by atoms with Crippen LogP contribution in [0.2, 0.25) is 10.0 Å². The van der Waals surface area contributed by atoms with E-state index in [-0.39, 0.29) is 11.8 Å². The number of hydrogen-bond acceptors (Lipinski definition) is 2. The van der Waals surface area contributed by atoms with E-state index >= 15 is 0 Å². The van der Waals surface area contributed by atoms with Crippen LogP contribution in [0.25, 0.3) is 0 Å². The van der Waals surface area contributed by atoms with Crippen molar-refractivity contribution in [3.8, 4) is 0 Å². The van der Waals surface area contributed by atoms with Crippen molar-refractivity contribution in [2.24, 2.45) is 5.92 Å². The topological polar surface area (TPSA) is 32.3 Å². The highest BCUT2D eigenvalue weighted by atomic mass is 35.5. The summed E-state index contributed by atoms with van der Waals surface area (Å²) in [5, 5.41) is 4.33. The van der Waals surface area contributed by atoms with Crippen molar-refractivity contribution < 1.29 is 4.79 Å². The van der Waals surface area contributed by atoms with Crippen LogP contribution in [0.3, 0.4) is 0 Å². The van der Waals surface area contributed by atoms with Crippen LogP contribution < -0.4 is 5.32 Å². The highest BCUT2D eigenvalue weighted by molar-refractivity contribution is 6.35. The second-order valence-electron chi connectivity index (χ2n) is 6.17. The van der Waals surface area contributed by atoms with Gasteiger partial charge in [-0.15, -0.1) is 0 Å². The molecule has 1 fully saturated rings. The Kier molecular flexibility index (Phi) is 5.77. The van der Waals surface area contributed by atoms with Crippen LogP contribution in [0, 0.1) is 5.92 Å². The summed E-state index contributed by atoms with van der Waals surface area (Å²) in [4.78, 5) is 14.8. The first-order valence-electron chi connectivity index (χ1n) is 8.14. The lowest BCUT2D eigenvalue weighted by molar-refractivity contribution is -0.121. The molecule has 0 spiro atoms. The van der Waals surface area contributed by atoms with Crippen molar-refractivity contribution in [3.05, 3.63) is 64.1 Å². The Hall–Kier alpha value is -1.55. The highest BCUT2D eigenvalue weighted by Crippen LogP contribution is 2.25. The van der Waals surface area contributed by atoms with Gasteiger partial charge in [-0.05, 0) is 49.2 Å². The minimum atomic E-state index is 0.00466. The summed E-state index contributed by atoms with van der Waals surface area (Å²) < 4.78 is 0. The van der Waals surface area contributed by atoms with Crippen molar-refractivity contribution in [1.82, 2.24) is 4.90 Å². The minimum absolute atomic E-state index is 0.00466. The van der Waals surface area contributed by atoms with Crippen LogP contribution in [0.1, 0.15) is 18.4 Å². The maximum absolute atomic E-state index is 12.5. The summed E-state index contributed by atoms with van der Waals surface area (Å²) in [5.74, 6) is 0.0955. The lowest BCUT2D eigenvalue weighted by atomic mass is 9.96. The zero-order valence-electron chi connectivity index (χ0n) is 13.3. The first-order chi connectivity index (χ1) is 11.6. The summed E-state index contributed by atoms with van der Waals surface area (Å²) in [5.41, 5.74) is 1.89. The van der Waals surface area contributed by atoms with Crippen molar-refractivity contribution >= 4 is 34.8 Å². The summed E-state index contributed by atoms with van der Waals surface area (Å²) >= 11 is 12.2. The van der Waals surface area contributed by atoms with Crippen LogP contribution in [0.5, 0.6) is 0 Å². The maximum atomic E-state index is 12.5. The molecule has 24 heavy (non-hydrogen) atoms. The second-order valence-corrected chi connectivity index (χ2v) is 7.01. The molecule has 0 saturated carbocycles. The number of carbonyl (C=O) groups excluding carboxylic acids is 1. The number of para-hydroxylation sites is 1. The molecule has 0 unspecified atom stereocenters. The van der Waals surface area contributed by atoms with Gasteiger partial charge in [0.15, 0.2) is 0 Å². The molecule has 1 atom stereocenters. The van der Waals surface area contributed by atoms with Crippen molar-refractivity contribution in [3.63, 3.8) is 0 Å². The summed E-state index contributed by atoms with van der Waals surface area (Å²) in [6, 6.07) is 15.2. The third-order valence-electron chi connectivity index (χ3n) is 4.33. The van der Waals surface area contributed by atoms with Crippen LogP contribution in [-0.4, -0.2) is 23.9 Å². The first kappa shape index (κ1) is 17.3. The van der Waals surface area contributed by atoms with E-state index in [0.29, 0.717) is 10.0 Å². The monoisotopic (exact) mass is 362 g/mol. The van der Waals surface area contributed by atoms with Gasteiger partial charge in [0, 0.05) is 28.8 Å². The van der Waals surface area contributed by atoms with Gasteiger partial charge in [0.2, 0.25) is 5.91 Å². The average molecular weight is 363 g/mol. The minimum Gasteiger partial charge on any atom is -0.326 e. The third kappa shape index (κ3) is 4.50. The van der Waals surface area contributed by atoms with Crippen LogP contribution in [0.15, 0.2) is 48.5 Å². The number of nitrogens with one attached hydrogen (secondary N) is 1. The van der Waals surface area contributed by atoms with E-state index in [1.165, 1.54) is 0 Å². The Morgan fingerprint density at radius 3 is 2.71 bits per heavy atom. The number of hydrogen-bond donors (Lipinski definition) is 1. The number of halogens is 2. The van der Waals surface area contributed by atoms with Gasteiger partial charge in [0.05, 0.1) is 5.92 Å². The van der Waals surface area contributed by atoms with Gasteiger partial charge in [-0.2, -0.15) is 0 Å². The largest absolute Gasteiger partial charge is 0.326 e. The van der Waals surface area contributed by atoms with E-state index in [2.05, 4.69) is 10.2 Å². The number of carbonyl (C=O) groups is 1. The molecule has 5 heteroatoms. The smallest absolute Gasteiger partial charge is 0.228 e. The molecule has 1 N–H and O–H groups in total. The summed E-state index contributed by atoms with van der Waals surface area (Å²) in [6.45, 7) is 2.47. The Balaban J connectivity index is 1.60. The average Bonchev–Trinajstić information content (AvgIpc) is 2.59. The Labute approximate surface area is 152 Å². The molecule has 0 aromatic heterocycles.